The zero-order valence-corrected chi connectivity index (χ0v) is 37.4. The number of nitrogens with two attached hydrogens (primary N) is 3. The Morgan fingerprint density at radius 3 is 2.42 bits per heavy atom. The standard InChI is InChI=1S/C45H64N12O7/c1-5-6-7-17-49-39-38-34(53-42(47)54-39)16-19-56(38)24-32-13-10-31(22-36(32)62-4)23-55-26-45(27-55)28-57(20-21-64-45)44(61)63-25-30-11-14-33(15-12-30)51-40(58)35(9-8-18-50-43(48)60)52-41(59)37(46)29(2)3/h10-16,19,22,29,35,37H,5-9,17-18,20-21,23-28,46H2,1-4H3,(H,51,58)(H,52,59)(H3,48,50,60)(H3,47,49,53,54)/t35-,37-/m0/s1. The Morgan fingerprint density at radius 2 is 1.70 bits per heavy atom. The largest absolute Gasteiger partial charge is 0.496 e. The van der Waals surface area contributed by atoms with E-state index in [1.165, 1.54) is 0 Å². The summed E-state index contributed by atoms with van der Waals surface area (Å²) >= 11 is 0. The molecule has 1 spiro atoms. The van der Waals surface area contributed by atoms with Crippen LogP contribution in [0.15, 0.2) is 54.7 Å². The van der Waals surface area contributed by atoms with Crippen LogP contribution in [-0.4, -0.2) is 119 Å². The van der Waals surface area contributed by atoms with Crippen LogP contribution in [0.3, 0.4) is 0 Å². The number of aromatic nitrogens is 3. The average Bonchev–Trinajstić information content (AvgIpc) is 3.67. The Kier molecular flexibility index (Phi) is 16.2. The van der Waals surface area contributed by atoms with E-state index >= 15 is 0 Å². The number of ether oxygens (including phenoxy) is 3. The van der Waals surface area contributed by atoms with Gasteiger partial charge in [0, 0.05) is 56.7 Å². The van der Waals surface area contributed by atoms with Crippen LogP contribution in [0.1, 0.15) is 69.6 Å². The van der Waals surface area contributed by atoms with E-state index in [-0.39, 0.29) is 31.4 Å². The second-order valence-corrected chi connectivity index (χ2v) is 17.0. The van der Waals surface area contributed by atoms with Crippen molar-refractivity contribution in [2.24, 2.45) is 17.4 Å². The van der Waals surface area contributed by atoms with E-state index in [1.54, 1.807) is 36.3 Å². The number of hydrogen-bond acceptors (Lipinski definition) is 13. The molecule has 0 saturated carbocycles. The molecule has 2 aliphatic rings. The monoisotopic (exact) mass is 885 g/mol. The van der Waals surface area contributed by atoms with Crippen LogP contribution in [0.4, 0.5) is 27.0 Å². The number of fused-ring (bicyclic) bond motifs is 1. The molecule has 346 valence electrons. The van der Waals surface area contributed by atoms with E-state index in [0.29, 0.717) is 58.0 Å². The Hall–Kier alpha value is -6.18. The number of unbranched alkanes of at least 4 members (excludes halogenated alkanes) is 2. The maximum atomic E-state index is 13.2. The van der Waals surface area contributed by atoms with Gasteiger partial charge >= 0.3 is 12.1 Å². The Bertz CT molecular complexity index is 2230. The van der Waals surface area contributed by atoms with Gasteiger partial charge in [0.2, 0.25) is 17.8 Å². The number of urea groups is 1. The van der Waals surface area contributed by atoms with Gasteiger partial charge in [-0.3, -0.25) is 14.5 Å². The summed E-state index contributed by atoms with van der Waals surface area (Å²) < 4.78 is 19.9. The van der Waals surface area contributed by atoms with Crippen molar-refractivity contribution in [2.75, 3.05) is 69.4 Å². The molecule has 0 aliphatic carbocycles. The molecule has 2 atom stereocenters. The fraction of sp³-hybridized carbons (Fsp3) is 0.511. The average molecular weight is 885 g/mol. The maximum absolute atomic E-state index is 13.2. The molecular weight excluding hydrogens is 821 g/mol. The van der Waals surface area contributed by atoms with E-state index < -0.39 is 41.6 Å². The molecule has 0 radical (unpaired) electrons. The van der Waals surface area contributed by atoms with Gasteiger partial charge in [0.05, 0.1) is 38.4 Å². The fourth-order valence-electron chi connectivity index (χ4n) is 8.00. The SMILES string of the molecule is CCCCCNc1nc(N)nc2ccn(Cc3ccc(CN4CC5(C4)CN(C(=O)OCc4ccc(NC(=O)[C@H](CCCNC(N)=O)NC(=O)[C@@H](N)C(C)C)cc4)CCO5)cc3OC)c12. The minimum atomic E-state index is -0.889. The van der Waals surface area contributed by atoms with Crippen molar-refractivity contribution in [3.05, 3.63) is 71.4 Å². The van der Waals surface area contributed by atoms with E-state index in [4.69, 9.17) is 31.4 Å². The highest BCUT2D eigenvalue weighted by molar-refractivity contribution is 5.98. The van der Waals surface area contributed by atoms with Crippen LogP contribution in [0.5, 0.6) is 5.75 Å². The lowest BCUT2D eigenvalue weighted by Crippen LogP contribution is -2.70. The third kappa shape index (κ3) is 12.5. The number of likely N-dealkylation sites (tertiary alicyclic amines) is 1. The predicted octanol–water partition coefficient (Wildman–Crippen LogP) is 3.75. The number of rotatable bonds is 21. The summed E-state index contributed by atoms with van der Waals surface area (Å²) in [5.74, 6) is 0.754. The number of carbonyl (C=O) groups excluding carboxylic acids is 4. The van der Waals surface area contributed by atoms with Crippen molar-refractivity contribution in [2.45, 2.75) is 90.3 Å². The van der Waals surface area contributed by atoms with Crippen LogP contribution in [-0.2, 0) is 38.8 Å². The highest BCUT2D eigenvalue weighted by atomic mass is 16.6. The lowest BCUT2D eigenvalue weighted by Gasteiger charge is -2.53. The lowest BCUT2D eigenvalue weighted by atomic mass is 9.91. The van der Waals surface area contributed by atoms with Crippen LogP contribution >= 0.6 is 0 Å². The number of anilines is 3. The smallest absolute Gasteiger partial charge is 0.410 e. The third-order valence-electron chi connectivity index (χ3n) is 11.5. The molecule has 0 unspecified atom stereocenters. The van der Waals surface area contributed by atoms with Gasteiger partial charge in [-0.25, -0.2) is 14.6 Å². The van der Waals surface area contributed by atoms with Gasteiger partial charge in [-0.2, -0.15) is 4.98 Å². The van der Waals surface area contributed by atoms with Gasteiger partial charge < -0.3 is 62.1 Å². The number of nitrogen functional groups attached to an aromatic ring is 1. The first-order chi connectivity index (χ1) is 30.8. The highest BCUT2D eigenvalue weighted by Crippen LogP contribution is 2.33. The summed E-state index contributed by atoms with van der Waals surface area (Å²) in [6.45, 7) is 10.8. The summed E-state index contributed by atoms with van der Waals surface area (Å²) in [6, 6.07) is 12.8. The first kappa shape index (κ1) is 47.3. The van der Waals surface area contributed by atoms with E-state index in [2.05, 4.69) is 65.8 Å². The first-order valence-electron chi connectivity index (χ1n) is 22.1. The van der Waals surface area contributed by atoms with Crippen molar-refractivity contribution >= 4 is 52.4 Å². The number of hydrogen-bond donors (Lipinski definition) is 7. The lowest BCUT2D eigenvalue weighted by molar-refractivity contribution is -0.181. The fourth-order valence-corrected chi connectivity index (χ4v) is 8.00. The minimum absolute atomic E-state index is 0.0417. The topological polar surface area (TPSA) is 259 Å². The molecule has 2 aromatic heterocycles. The summed E-state index contributed by atoms with van der Waals surface area (Å²) in [5, 5.41) is 11.5. The van der Waals surface area contributed by atoms with Crippen LogP contribution in [0, 0.1) is 5.92 Å². The number of primary amides is 1. The summed E-state index contributed by atoms with van der Waals surface area (Å²) in [4.78, 5) is 63.2. The number of carbonyl (C=O) groups is 4. The summed E-state index contributed by atoms with van der Waals surface area (Å²) in [6.07, 6.45) is 5.54. The predicted molar refractivity (Wildman–Crippen MR) is 244 cm³/mol. The summed E-state index contributed by atoms with van der Waals surface area (Å²) in [5.41, 5.74) is 21.8. The van der Waals surface area contributed by atoms with E-state index in [9.17, 15) is 19.2 Å². The van der Waals surface area contributed by atoms with Crippen molar-refractivity contribution in [3.8, 4) is 5.75 Å². The van der Waals surface area contributed by atoms with Crippen molar-refractivity contribution < 1.29 is 33.4 Å². The molecule has 5 amide bonds. The normalized spacial score (nSPS) is 15.6. The molecule has 2 fully saturated rings. The summed E-state index contributed by atoms with van der Waals surface area (Å²) in [7, 11) is 1.68. The van der Waals surface area contributed by atoms with Gasteiger partial charge in [0.25, 0.3) is 0 Å². The van der Waals surface area contributed by atoms with E-state index in [1.807, 2.05) is 26.1 Å². The molecule has 2 aromatic carbocycles. The molecule has 4 heterocycles. The Morgan fingerprint density at radius 1 is 0.938 bits per heavy atom. The van der Waals surface area contributed by atoms with Gasteiger partial charge in [0.1, 0.15) is 29.5 Å². The second kappa shape index (κ2) is 21.9. The number of benzene rings is 2. The number of amides is 5. The van der Waals surface area contributed by atoms with Crippen LogP contribution in [0.2, 0.25) is 0 Å². The number of nitrogens with zero attached hydrogens (tertiary/aromatic N) is 5. The quantitative estimate of drug-likeness (QED) is 0.0589. The third-order valence-corrected chi connectivity index (χ3v) is 11.5. The zero-order chi connectivity index (χ0) is 45.8. The molecule has 10 N–H and O–H groups in total. The van der Waals surface area contributed by atoms with Gasteiger partial charge in [-0.15, -0.1) is 0 Å². The number of methoxy groups -OCH3 is 1. The number of nitrogens with one attached hydrogen (secondary N) is 4. The van der Waals surface area contributed by atoms with Crippen LogP contribution < -0.4 is 43.2 Å². The molecule has 19 nitrogen and oxygen atoms in total. The molecule has 4 aromatic rings. The molecule has 2 aliphatic heterocycles. The minimum Gasteiger partial charge on any atom is -0.496 e. The van der Waals surface area contributed by atoms with Crippen molar-refractivity contribution in [1.29, 1.82) is 0 Å². The molecule has 0 bridgehead atoms. The Balaban J connectivity index is 0.973. The van der Waals surface area contributed by atoms with Gasteiger partial charge in [0.15, 0.2) is 5.82 Å². The van der Waals surface area contributed by atoms with Crippen molar-refractivity contribution in [1.82, 2.24) is 35.0 Å². The van der Waals surface area contributed by atoms with Gasteiger partial charge in [-0.05, 0) is 60.6 Å². The first-order valence-corrected chi connectivity index (χ1v) is 22.1. The Labute approximate surface area is 374 Å². The van der Waals surface area contributed by atoms with Gasteiger partial charge in [-0.1, -0.05) is 57.9 Å². The van der Waals surface area contributed by atoms with Crippen LogP contribution in [0.25, 0.3) is 11.0 Å². The zero-order valence-electron chi connectivity index (χ0n) is 37.4. The van der Waals surface area contributed by atoms with Crippen molar-refractivity contribution in [3.63, 3.8) is 0 Å². The van der Waals surface area contributed by atoms with E-state index in [0.717, 1.165) is 65.1 Å². The number of morpholine rings is 1. The molecule has 6 rings (SSSR count). The molecule has 19 heteroatoms. The maximum Gasteiger partial charge on any atom is 0.410 e. The second-order valence-electron chi connectivity index (χ2n) is 17.0. The molecule has 64 heavy (non-hydrogen) atoms. The molecule has 2 saturated heterocycles. The molecular formula is C45H64N12O7. The highest BCUT2D eigenvalue weighted by Gasteiger charge is 2.48.